The summed E-state index contributed by atoms with van der Waals surface area (Å²) in [5.74, 6) is -1.48. The lowest BCUT2D eigenvalue weighted by Crippen LogP contribution is -2.39. The van der Waals surface area contributed by atoms with Crippen molar-refractivity contribution < 1.29 is 19.8 Å². The van der Waals surface area contributed by atoms with Crippen LogP contribution >= 0.6 is 27.3 Å². The van der Waals surface area contributed by atoms with Gasteiger partial charge in [0.25, 0.3) is 0 Å². The summed E-state index contributed by atoms with van der Waals surface area (Å²) < 4.78 is 0.958. The van der Waals surface area contributed by atoms with Gasteiger partial charge >= 0.3 is 5.97 Å². The number of nitrogens with zero attached hydrogens (tertiary/aromatic N) is 1. The lowest BCUT2D eigenvalue weighted by Gasteiger charge is -2.19. The monoisotopic (exact) mass is 345 g/mol. The Bertz CT molecular complexity index is 528. The first-order chi connectivity index (χ1) is 8.97. The minimum absolute atomic E-state index is 0.0638. The number of carbonyl (C=O) groups is 2. The van der Waals surface area contributed by atoms with Crippen LogP contribution in [0.15, 0.2) is 22.0 Å². The van der Waals surface area contributed by atoms with E-state index in [1.54, 1.807) is 6.08 Å². The van der Waals surface area contributed by atoms with Gasteiger partial charge in [-0.05, 0) is 34.1 Å². The van der Waals surface area contributed by atoms with E-state index in [1.165, 1.54) is 22.3 Å². The molecule has 7 heteroatoms. The van der Waals surface area contributed by atoms with Crippen LogP contribution < -0.4 is 0 Å². The van der Waals surface area contributed by atoms with E-state index in [1.807, 2.05) is 12.1 Å². The van der Waals surface area contributed by atoms with Gasteiger partial charge in [-0.15, -0.1) is 11.3 Å². The number of aliphatic hydroxyl groups is 1. The smallest absolute Gasteiger partial charge is 0.326 e. The molecule has 2 atom stereocenters. The van der Waals surface area contributed by atoms with Crippen LogP contribution in [0, 0.1) is 0 Å². The first-order valence-electron chi connectivity index (χ1n) is 5.62. The third-order valence-electron chi connectivity index (χ3n) is 2.83. The van der Waals surface area contributed by atoms with Gasteiger partial charge < -0.3 is 15.1 Å². The number of hydrogen-bond donors (Lipinski definition) is 2. The summed E-state index contributed by atoms with van der Waals surface area (Å²) in [4.78, 5) is 25.0. The van der Waals surface area contributed by atoms with Crippen molar-refractivity contribution in [1.29, 1.82) is 0 Å². The second-order valence-corrected chi connectivity index (χ2v) is 6.70. The topological polar surface area (TPSA) is 77.8 Å². The zero-order valence-corrected chi connectivity index (χ0v) is 12.2. The second kappa shape index (κ2) is 5.85. The molecule has 2 heterocycles. The highest BCUT2D eigenvalue weighted by Crippen LogP contribution is 2.24. The molecule has 1 amide bonds. The van der Waals surface area contributed by atoms with Crippen molar-refractivity contribution in [3.8, 4) is 0 Å². The molecule has 1 fully saturated rings. The molecule has 2 rings (SSSR count). The highest BCUT2D eigenvalue weighted by molar-refractivity contribution is 9.11. The van der Waals surface area contributed by atoms with Gasteiger partial charge in [0.1, 0.15) is 6.04 Å². The van der Waals surface area contributed by atoms with Crippen molar-refractivity contribution in [3.05, 3.63) is 26.9 Å². The summed E-state index contributed by atoms with van der Waals surface area (Å²) in [6.45, 7) is 0.0638. The van der Waals surface area contributed by atoms with E-state index in [2.05, 4.69) is 15.9 Å². The lowest BCUT2D eigenvalue weighted by atomic mass is 10.2. The predicted octanol–water partition coefficient (Wildman–Crippen LogP) is 1.57. The number of halogens is 1. The van der Waals surface area contributed by atoms with Crippen LogP contribution in [0.5, 0.6) is 0 Å². The first-order valence-corrected chi connectivity index (χ1v) is 7.23. The minimum Gasteiger partial charge on any atom is -0.480 e. The number of carboxylic acid groups (broad SMARTS) is 1. The third-order valence-corrected chi connectivity index (χ3v) is 4.42. The van der Waals surface area contributed by atoms with Crippen molar-refractivity contribution in [3.63, 3.8) is 0 Å². The number of thiophene rings is 1. The second-order valence-electron chi connectivity index (χ2n) is 4.21. The summed E-state index contributed by atoms with van der Waals surface area (Å²) in [6.07, 6.45) is 2.29. The molecule has 19 heavy (non-hydrogen) atoms. The quantitative estimate of drug-likeness (QED) is 0.815. The van der Waals surface area contributed by atoms with Gasteiger partial charge in [0.05, 0.1) is 9.89 Å². The van der Waals surface area contributed by atoms with Gasteiger partial charge in [-0.25, -0.2) is 4.79 Å². The van der Waals surface area contributed by atoms with Gasteiger partial charge in [0, 0.05) is 23.9 Å². The van der Waals surface area contributed by atoms with Crippen LogP contribution in [0.3, 0.4) is 0 Å². The average Bonchev–Trinajstić information content (AvgIpc) is 2.92. The Morgan fingerprint density at radius 3 is 2.79 bits per heavy atom. The number of carboxylic acids is 1. The van der Waals surface area contributed by atoms with Gasteiger partial charge in [0.15, 0.2) is 0 Å². The van der Waals surface area contributed by atoms with Crippen LogP contribution in [0.2, 0.25) is 0 Å². The van der Waals surface area contributed by atoms with Crippen LogP contribution in [-0.4, -0.2) is 45.7 Å². The molecular weight excluding hydrogens is 334 g/mol. The minimum atomic E-state index is -1.09. The van der Waals surface area contributed by atoms with E-state index in [0.29, 0.717) is 0 Å². The highest BCUT2D eigenvalue weighted by Gasteiger charge is 2.37. The Kier molecular flexibility index (Phi) is 4.38. The number of carbonyl (C=O) groups excluding carboxylic acids is 1. The van der Waals surface area contributed by atoms with E-state index in [0.717, 1.165) is 8.66 Å². The van der Waals surface area contributed by atoms with Crippen molar-refractivity contribution in [2.75, 3.05) is 6.54 Å². The summed E-state index contributed by atoms with van der Waals surface area (Å²) in [5, 5.41) is 18.5. The Hall–Kier alpha value is -1.18. The third kappa shape index (κ3) is 3.43. The van der Waals surface area contributed by atoms with Crippen molar-refractivity contribution >= 4 is 45.2 Å². The highest BCUT2D eigenvalue weighted by atomic mass is 79.9. The summed E-state index contributed by atoms with van der Waals surface area (Å²) >= 11 is 4.79. The lowest BCUT2D eigenvalue weighted by molar-refractivity contribution is -0.146. The predicted molar refractivity (Wildman–Crippen MR) is 74.8 cm³/mol. The molecule has 1 aliphatic heterocycles. The molecule has 1 saturated heterocycles. The van der Waals surface area contributed by atoms with Crippen molar-refractivity contribution in [1.82, 2.24) is 4.90 Å². The summed E-state index contributed by atoms with van der Waals surface area (Å²) in [6, 6.07) is 2.78. The van der Waals surface area contributed by atoms with Crippen molar-refractivity contribution in [2.24, 2.45) is 0 Å². The first kappa shape index (κ1) is 14.2. The van der Waals surface area contributed by atoms with Crippen LogP contribution in [0.1, 0.15) is 11.3 Å². The fourth-order valence-electron chi connectivity index (χ4n) is 1.96. The van der Waals surface area contributed by atoms with Crippen molar-refractivity contribution in [2.45, 2.75) is 18.6 Å². The fourth-order valence-corrected chi connectivity index (χ4v) is 3.28. The Balaban J connectivity index is 2.06. The Morgan fingerprint density at radius 2 is 2.21 bits per heavy atom. The maximum atomic E-state index is 11.9. The molecule has 0 aliphatic carbocycles. The number of aliphatic hydroxyl groups excluding tert-OH is 1. The number of β-amino-alcohol motifs (C(OH)–C–C–N with tert-alkyl or cyclic N) is 1. The normalized spacial score (nSPS) is 23.2. The molecule has 1 unspecified atom stereocenters. The SMILES string of the molecule is O=C(O)[C@@H]1CC(O)CN1C(=O)/C=C/c1ccc(Br)s1. The Labute approximate surface area is 122 Å². The number of hydrogen-bond acceptors (Lipinski definition) is 4. The fraction of sp³-hybridized carbons (Fsp3) is 0.333. The molecule has 0 bridgehead atoms. The van der Waals surface area contributed by atoms with Crippen LogP contribution in [-0.2, 0) is 9.59 Å². The van der Waals surface area contributed by atoms with Gasteiger partial charge in [-0.3, -0.25) is 4.79 Å². The zero-order chi connectivity index (χ0) is 14.0. The van der Waals surface area contributed by atoms with E-state index >= 15 is 0 Å². The number of rotatable bonds is 3. The average molecular weight is 346 g/mol. The largest absolute Gasteiger partial charge is 0.480 e. The number of aliphatic carboxylic acids is 1. The molecule has 0 spiro atoms. The summed E-state index contributed by atoms with van der Waals surface area (Å²) in [5.41, 5.74) is 0. The van der Waals surface area contributed by atoms with E-state index in [4.69, 9.17) is 5.11 Å². The maximum absolute atomic E-state index is 11.9. The van der Waals surface area contributed by atoms with E-state index < -0.39 is 24.0 Å². The molecule has 102 valence electrons. The van der Waals surface area contributed by atoms with Gasteiger partial charge in [0.2, 0.25) is 5.91 Å². The number of amides is 1. The van der Waals surface area contributed by atoms with Gasteiger partial charge in [-0.2, -0.15) is 0 Å². The van der Waals surface area contributed by atoms with E-state index in [9.17, 15) is 14.7 Å². The molecule has 0 saturated carbocycles. The van der Waals surface area contributed by atoms with Crippen LogP contribution in [0.4, 0.5) is 0 Å². The zero-order valence-electron chi connectivity index (χ0n) is 9.82. The molecule has 2 N–H and O–H groups in total. The molecule has 0 radical (unpaired) electrons. The molecule has 1 aromatic rings. The molecule has 0 aromatic carbocycles. The molecule has 1 aliphatic rings. The Morgan fingerprint density at radius 1 is 1.47 bits per heavy atom. The molecular formula is C12H12BrNO4S. The van der Waals surface area contributed by atoms with Gasteiger partial charge in [-0.1, -0.05) is 0 Å². The number of likely N-dealkylation sites (tertiary alicyclic amines) is 1. The molecule has 5 nitrogen and oxygen atoms in total. The maximum Gasteiger partial charge on any atom is 0.326 e. The van der Waals surface area contributed by atoms with Crippen LogP contribution in [0.25, 0.3) is 6.08 Å². The standard InChI is InChI=1S/C12H12BrNO4S/c13-10-3-1-8(19-10)2-4-11(16)14-6-7(15)5-9(14)12(17)18/h1-4,7,9,15H,5-6H2,(H,17,18)/b4-2+/t7?,9-/m0/s1. The molecule has 1 aromatic heterocycles. The van der Waals surface area contributed by atoms with E-state index in [-0.39, 0.29) is 13.0 Å². The summed E-state index contributed by atoms with van der Waals surface area (Å²) in [7, 11) is 0.